The number of benzene rings is 1. The van der Waals surface area contributed by atoms with Crippen LogP contribution < -0.4 is 5.32 Å². The minimum absolute atomic E-state index is 0.171. The Kier molecular flexibility index (Phi) is 4.02. The molecule has 0 radical (unpaired) electrons. The maximum atomic E-state index is 12.1. The van der Waals surface area contributed by atoms with Crippen LogP contribution in [0.15, 0.2) is 63.5 Å². The van der Waals surface area contributed by atoms with Gasteiger partial charge in [0, 0.05) is 30.0 Å². The largest absolute Gasteiger partial charge is 0.469 e. The first-order chi connectivity index (χ1) is 10.6. The van der Waals surface area contributed by atoms with Gasteiger partial charge in [-0.15, -0.1) is 0 Å². The smallest absolute Gasteiger partial charge is 0.259 e. The molecule has 1 aromatic carbocycles. The molecule has 6 heteroatoms. The lowest BCUT2D eigenvalue weighted by molar-refractivity contribution is 0.102. The van der Waals surface area contributed by atoms with Crippen molar-refractivity contribution in [2.75, 3.05) is 5.32 Å². The summed E-state index contributed by atoms with van der Waals surface area (Å²) in [6.07, 6.45) is 5.19. The second-order valence-electron chi connectivity index (χ2n) is 4.79. The Balaban J connectivity index is 1.68. The van der Waals surface area contributed by atoms with Gasteiger partial charge in [0.2, 0.25) is 0 Å². The van der Waals surface area contributed by atoms with Gasteiger partial charge in [0.05, 0.1) is 11.8 Å². The van der Waals surface area contributed by atoms with Gasteiger partial charge in [-0.25, -0.2) is 4.98 Å². The summed E-state index contributed by atoms with van der Waals surface area (Å²) in [5, 5.41) is 3.78. The Hall–Kier alpha value is -2.47. The van der Waals surface area contributed by atoms with Crippen molar-refractivity contribution in [3.63, 3.8) is 0 Å². The maximum absolute atomic E-state index is 12.1. The predicted molar refractivity (Wildman–Crippen MR) is 85.2 cm³/mol. The molecule has 2 aromatic heterocycles. The Morgan fingerprint density at radius 1 is 1.27 bits per heavy atom. The Labute approximate surface area is 132 Å². The summed E-state index contributed by atoms with van der Waals surface area (Å²) < 4.78 is 7.10. The standard InChI is InChI=1S/C16H15N3O2S/c1-11-14(7-10-21-11)15(20)18-12-3-5-13(6-4-12)22-16-17-8-9-19(16)2/h3-10H,1-2H3,(H,18,20). The van der Waals surface area contributed by atoms with E-state index in [0.717, 1.165) is 15.7 Å². The van der Waals surface area contributed by atoms with Gasteiger partial charge in [-0.2, -0.15) is 0 Å². The molecule has 0 atom stereocenters. The second kappa shape index (κ2) is 6.11. The van der Waals surface area contributed by atoms with Crippen molar-refractivity contribution in [2.45, 2.75) is 17.0 Å². The number of imidazole rings is 1. The molecule has 0 unspecified atom stereocenters. The van der Waals surface area contributed by atoms with E-state index in [1.807, 2.05) is 42.1 Å². The van der Waals surface area contributed by atoms with Crippen molar-refractivity contribution in [1.29, 1.82) is 0 Å². The average Bonchev–Trinajstić information content (AvgIpc) is 3.10. The third kappa shape index (κ3) is 3.07. The SMILES string of the molecule is Cc1occc1C(=O)Nc1ccc(Sc2nccn2C)cc1. The van der Waals surface area contributed by atoms with Crippen LogP contribution >= 0.6 is 11.8 Å². The number of anilines is 1. The molecule has 0 saturated heterocycles. The van der Waals surface area contributed by atoms with Gasteiger partial charge in [0.1, 0.15) is 5.76 Å². The summed E-state index contributed by atoms with van der Waals surface area (Å²) in [6.45, 7) is 1.77. The molecule has 0 fully saturated rings. The number of carbonyl (C=O) groups excluding carboxylic acids is 1. The van der Waals surface area contributed by atoms with Crippen molar-refractivity contribution in [2.24, 2.45) is 7.05 Å². The van der Waals surface area contributed by atoms with Crippen molar-refractivity contribution in [3.8, 4) is 0 Å². The van der Waals surface area contributed by atoms with E-state index in [9.17, 15) is 4.79 Å². The van der Waals surface area contributed by atoms with E-state index in [1.54, 1.807) is 30.9 Å². The lowest BCUT2D eigenvalue weighted by Gasteiger charge is -2.06. The Morgan fingerprint density at radius 3 is 2.64 bits per heavy atom. The molecule has 1 N–H and O–H groups in total. The van der Waals surface area contributed by atoms with Crippen molar-refractivity contribution >= 4 is 23.4 Å². The molecular weight excluding hydrogens is 298 g/mol. The number of aryl methyl sites for hydroxylation is 2. The van der Waals surface area contributed by atoms with E-state index in [4.69, 9.17) is 4.42 Å². The van der Waals surface area contributed by atoms with Gasteiger partial charge in [0.25, 0.3) is 5.91 Å². The molecule has 3 aromatic rings. The van der Waals surface area contributed by atoms with Crippen LogP contribution in [-0.4, -0.2) is 15.5 Å². The molecule has 0 aliphatic rings. The molecule has 5 nitrogen and oxygen atoms in total. The number of nitrogens with zero attached hydrogens (tertiary/aromatic N) is 2. The van der Waals surface area contributed by atoms with Crippen LogP contribution in [0.2, 0.25) is 0 Å². The van der Waals surface area contributed by atoms with Gasteiger partial charge < -0.3 is 14.3 Å². The molecule has 0 aliphatic heterocycles. The summed E-state index contributed by atoms with van der Waals surface area (Å²) in [5.74, 6) is 0.440. The van der Waals surface area contributed by atoms with E-state index in [0.29, 0.717) is 11.3 Å². The number of furan rings is 1. The lowest BCUT2D eigenvalue weighted by atomic mass is 10.2. The molecule has 22 heavy (non-hydrogen) atoms. The number of hydrogen-bond acceptors (Lipinski definition) is 4. The fourth-order valence-corrected chi connectivity index (χ4v) is 2.78. The average molecular weight is 313 g/mol. The summed E-state index contributed by atoms with van der Waals surface area (Å²) >= 11 is 1.57. The first kappa shape index (κ1) is 14.5. The van der Waals surface area contributed by atoms with Crippen LogP contribution in [0.4, 0.5) is 5.69 Å². The topological polar surface area (TPSA) is 60.1 Å². The predicted octanol–water partition coefficient (Wildman–Crippen LogP) is 3.73. The zero-order chi connectivity index (χ0) is 15.5. The minimum Gasteiger partial charge on any atom is -0.469 e. The number of amides is 1. The fourth-order valence-electron chi connectivity index (χ4n) is 1.98. The van der Waals surface area contributed by atoms with Crippen LogP contribution in [0.25, 0.3) is 0 Å². The zero-order valence-electron chi connectivity index (χ0n) is 12.2. The molecular formula is C16H15N3O2S. The molecule has 0 saturated carbocycles. The molecule has 1 amide bonds. The van der Waals surface area contributed by atoms with Crippen LogP contribution in [-0.2, 0) is 7.05 Å². The highest BCUT2D eigenvalue weighted by molar-refractivity contribution is 7.99. The van der Waals surface area contributed by atoms with Gasteiger partial charge in [-0.3, -0.25) is 4.79 Å². The molecule has 0 aliphatic carbocycles. The van der Waals surface area contributed by atoms with Gasteiger partial charge in [-0.1, -0.05) is 11.8 Å². The van der Waals surface area contributed by atoms with E-state index in [2.05, 4.69) is 10.3 Å². The molecule has 0 spiro atoms. The Bertz CT molecular complexity index is 790. The highest BCUT2D eigenvalue weighted by Gasteiger charge is 2.11. The molecule has 0 bridgehead atoms. The summed E-state index contributed by atoms with van der Waals surface area (Å²) in [4.78, 5) is 17.4. The highest BCUT2D eigenvalue weighted by atomic mass is 32.2. The van der Waals surface area contributed by atoms with Gasteiger partial charge in [0.15, 0.2) is 5.16 Å². The molecule has 112 valence electrons. The van der Waals surface area contributed by atoms with E-state index >= 15 is 0 Å². The molecule has 3 rings (SSSR count). The van der Waals surface area contributed by atoms with Gasteiger partial charge in [-0.05, 0) is 37.3 Å². The molecule has 2 heterocycles. The van der Waals surface area contributed by atoms with Crippen molar-refractivity contribution < 1.29 is 9.21 Å². The second-order valence-corrected chi connectivity index (χ2v) is 5.83. The monoisotopic (exact) mass is 313 g/mol. The minimum atomic E-state index is -0.171. The summed E-state index contributed by atoms with van der Waals surface area (Å²) in [7, 11) is 1.96. The van der Waals surface area contributed by atoms with Gasteiger partial charge >= 0.3 is 0 Å². The number of carbonyl (C=O) groups is 1. The first-order valence-corrected chi connectivity index (χ1v) is 7.56. The number of hydrogen-bond donors (Lipinski definition) is 1. The quantitative estimate of drug-likeness (QED) is 0.797. The van der Waals surface area contributed by atoms with Crippen LogP contribution in [0.1, 0.15) is 16.1 Å². The first-order valence-electron chi connectivity index (χ1n) is 6.74. The summed E-state index contributed by atoms with van der Waals surface area (Å²) in [6, 6.07) is 9.32. The maximum Gasteiger partial charge on any atom is 0.259 e. The normalized spacial score (nSPS) is 10.6. The Morgan fingerprint density at radius 2 is 2.05 bits per heavy atom. The highest BCUT2D eigenvalue weighted by Crippen LogP contribution is 2.27. The van der Waals surface area contributed by atoms with Crippen LogP contribution in [0.3, 0.4) is 0 Å². The van der Waals surface area contributed by atoms with Crippen molar-refractivity contribution in [1.82, 2.24) is 9.55 Å². The fraction of sp³-hybridized carbons (Fsp3) is 0.125. The van der Waals surface area contributed by atoms with E-state index in [-0.39, 0.29) is 5.91 Å². The van der Waals surface area contributed by atoms with Crippen molar-refractivity contribution in [3.05, 3.63) is 60.3 Å². The number of aromatic nitrogens is 2. The van der Waals surface area contributed by atoms with E-state index in [1.165, 1.54) is 6.26 Å². The third-order valence-corrected chi connectivity index (χ3v) is 4.29. The number of nitrogens with one attached hydrogen (secondary N) is 1. The lowest BCUT2D eigenvalue weighted by Crippen LogP contribution is -2.11. The van der Waals surface area contributed by atoms with Crippen LogP contribution in [0.5, 0.6) is 0 Å². The third-order valence-electron chi connectivity index (χ3n) is 3.20. The number of rotatable bonds is 4. The van der Waals surface area contributed by atoms with Crippen LogP contribution in [0, 0.1) is 6.92 Å². The zero-order valence-corrected chi connectivity index (χ0v) is 13.1. The van der Waals surface area contributed by atoms with E-state index < -0.39 is 0 Å². The summed E-state index contributed by atoms with van der Waals surface area (Å²) in [5.41, 5.74) is 1.29.